The van der Waals surface area contributed by atoms with E-state index in [0.29, 0.717) is 12.0 Å². The Balaban J connectivity index is 1.78. The molecular weight excluding hydrogens is 372 g/mol. The number of hydrogen-bond donors (Lipinski definition) is 1. The third-order valence-electron chi connectivity index (χ3n) is 5.00. The van der Waals surface area contributed by atoms with Crippen molar-refractivity contribution in [2.24, 2.45) is 0 Å². The van der Waals surface area contributed by atoms with Gasteiger partial charge in [0.1, 0.15) is 0 Å². The Hall–Kier alpha value is -2.34. The first-order valence-corrected chi connectivity index (χ1v) is 11.3. The van der Waals surface area contributed by atoms with E-state index >= 15 is 0 Å². The summed E-state index contributed by atoms with van der Waals surface area (Å²) in [5.41, 5.74) is 3.44. The molecule has 0 bridgehead atoms. The van der Waals surface area contributed by atoms with Crippen molar-refractivity contribution in [1.82, 2.24) is 9.62 Å². The molecule has 5 nitrogen and oxygen atoms in total. The van der Waals surface area contributed by atoms with Crippen molar-refractivity contribution in [2.75, 3.05) is 12.3 Å². The van der Waals surface area contributed by atoms with E-state index in [-0.39, 0.29) is 23.6 Å². The fourth-order valence-electron chi connectivity index (χ4n) is 3.53. The van der Waals surface area contributed by atoms with E-state index in [2.05, 4.69) is 25.2 Å². The van der Waals surface area contributed by atoms with Crippen LogP contribution in [0.2, 0.25) is 0 Å². The van der Waals surface area contributed by atoms with Gasteiger partial charge < -0.3 is 5.32 Å². The number of hydrogen-bond acceptors (Lipinski definition) is 4. The minimum absolute atomic E-state index is 0.128. The second-order valence-electron chi connectivity index (χ2n) is 7.98. The predicted octanol–water partition coefficient (Wildman–Crippen LogP) is 3.41. The first-order valence-electron chi connectivity index (χ1n) is 9.72. The third-order valence-corrected chi connectivity index (χ3v) is 6.79. The highest BCUT2D eigenvalue weighted by Crippen LogP contribution is 2.29. The van der Waals surface area contributed by atoms with Gasteiger partial charge >= 0.3 is 0 Å². The van der Waals surface area contributed by atoms with Gasteiger partial charge in [-0.05, 0) is 38.3 Å². The summed E-state index contributed by atoms with van der Waals surface area (Å²) in [4.78, 5) is 12.8. The molecular formula is C22H28N2O3S. The molecule has 0 spiro atoms. The zero-order valence-electron chi connectivity index (χ0n) is 16.7. The summed E-state index contributed by atoms with van der Waals surface area (Å²) in [6.45, 7) is 6.38. The molecule has 0 aromatic heterocycles. The van der Waals surface area contributed by atoms with Crippen molar-refractivity contribution in [2.45, 2.75) is 45.6 Å². The molecule has 2 aliphatic rings. The zero-order chi connectivity index (χ0) is 20.4. The number of rotatable bonds is 6. The van der Waals surface area contributed by atoms with Gasteiger partial charge in [-0.1, -0.05) is 43.7 Å². The van der Waals surface area contributed by atoms with Crippen LogP contribution in [-0.4, -0.2) is 36.3 Å². The van der Waals surface area contributed by atoms with Crippen LogP contribution in [0.3, 0.4) is 0 Å². The first kappa shape index (κ1) is 20.4. The van der Waals surface area contributed by atoms with Crippen molar-refractivity contribution in [1.29, 1.82) is 0 Å². The van der Waals surface area contributed by atoms with Crippen LogP contribution in [0.5, 0.6) is 0 Å². The summed E-state index contributed by atoms with van der Waals surface area (Å²) in [6, 6.07) is 8.09. The van der Waals surface area contributed by atoms with Gasteiger partial charge in [-0.2, -0.15) is 0 Å². The fraction of sp³-hybridized carbons (Fsp3) is 0.409. The van der Waals surface area contributed by atoms with Gasteiger partial charge in [0.15, 0.2) is 5.78 Å². The highest BCUT2D eigenvalue weighted by molar-refractivity contribution is 7.89. The van der Waals surface area contributed by atoms with E-state index in [1.807, 2.05) is 25.1 Å². The van der Waals surface area contributed by atoms with Crippen LogP contribution in [-0.2, 0) is 21.2 Å². The highest BCUT2D eigenvalue weighted by atomic mass is 32.2. The Kier molecular flexibility index (Phi) is 5.79. The van der Waals surface area contributed by atoms with Gasteiger partial charge in [-0.25, -0.2) is 8.42 Å². The molecule has 28 heavy (non-hydrogen) atoms. The van der Waals surface area contributed by atoms with Crippen LogP contribution in [0.4, 0.5) is 0 Å². The molecule has 2 heterocycles. The summed E-state index contributed by atoms with van der Waals surface area (Å²) >= 11 is 0. The van der Waals surface area contributed by atoms with E-state index in [9.17, 15) is 13.2 Å². The summed E-state index contributed by atoms with van der Waals surface area (Å²) in [5, 5.41) is 3.46. The Labute approximate surface area is 167 Å². The molecule has 0 radical (unpaired) electrons. The van der Waals surface area contributed by atoms with E-state index < -0.39 is 10.0 Å². The van der Waals surface area contributed by atoms with E-state index in [1.54, 1.807) is 18.2 Å². The lowest BCUT2D eigenvalue weighted by atomic mass is 9.85. The Morgan fingerprint density at radius 3 is 2.71 bits per heavy atom. The summed E-state index contributed by atoms with van der Waals surface area (Å²) in [7, 11) is -3.31. The van der Waals surface area contributed by atoms with E-state index in [0.717, 1.165) is 24.1 Å². The van der Waals surface area contributed by atoms with Gasteiger partial charge in [-0.15, -0.1) is 0 Å². The fourth-order valence-corrected chi connectivity index (χ4v) is 4.97. The lowest BCUT2D eigenvalue weighted by Crippen LogP contribution is -2.43. The Morgan fingerprint density at radius 1 is 1.29 bits per heavy atom. The highest BCUT2D eigenvalue weighted by Gasteiger charge is 2.28. The summed E-state index contributed by atoms with van der Waals surface area (Å²) < 4.78 is 25.9. The van der Waals surface area contributed by atoms with Crippen molar-refractivity contribution in [3.8, 4) is 0 Å². The van der Waals surface area contributed by atoms with Crippen LogP contribution in [0.25, 0.3) is 5.70 Å². The average Bonchev–Trinajstić information content (AvgIpc) is 2.65. The quantitative estimate of drug-likeness (QED) is 0.743. The number of benzene rings is 1. The molecule has 150 valence electrons. The van der Waals surface area contributed by atoms with Crippen LogP contribution in [0.1, 0.15) is 44.7 Å². The topological polar surface area (TPSA) is 66.5 Å². The summed E-state index contributed by atoms with van der Waals surface area (Å²) in [5.74, 6) is 0.00185. The minimum atomic E-state index is -3.31. The molecule has 0 atom stereocenters. The van der Waals surface area contributed by atoms with Crippen molar-refractivity contribution in [3.63, 3.8) is 0 Å². The maximum Gasteiger partial charge on any atom is 0.234 e. The van der Waals surface area contributed by atoms with E-state index in [1.165, 1.54) is 16.1 Å². The molecule has 1 aromatic carbocycles. The number of allylic oxidation sites excluding steroid dienone is 3. The molecule has 3 rings (SSSR count). The maximum absolute atomic E-state index is 12.8. The number of unbranched alkanes of at least 4 members (excludes halogenated alkanes) is 1. The average molecular weight is 401 g/mol. The largest absolute Gasteiger partial charge is 0.379 e. The van der Waals surface area contributed by atoms with Crippen molar-refractivity contribution in [3.05, 3.63) is 65.4 Å². The van der Waals surface area contributed by atoms with Crippen LogP contribution in [0, 0.1) is 0 Å². The number of nitrogens with zero attached hydrogens (tertiary/aromatic N) is 1. The van der Waals surface area contributed by atoms with Gasteiger partial charge in [0.25, 0.3) is 0 Å². The molecule has 0 saturated heterocycles. The molecule has 2 aliphatic heterocycles. The third kappa shape index (κ3) is 4.55. The van der Waals surface area contributed by atoms with Crippen LogP contribution in [0.15, 0.2) is 54.3 Å². The molecule has 0 fully saturated rings. The lowest BCUT2D eigenvalue weighted by Gasteiger charge is -2.35. The second-order valence-corrected chi connectivity index (χ2v) is 10.0. The van der Waals surface area contributed by atoms with Crippen molar-refractivity contribution >= 4 is 21.5 Å². The van der Waals surface area contributed by atoms with Gasteiger partial charge in [0, 0.05) is 34.6 Å². The van der Waals surface area contributed by atoms with Crippen LogP contribution >= 0.6 is 0 Å². The molecule has 1 N–H and O–H groups in total. The predicted molar refractivity (Wildman–Crippen MR) is 113 cm³/mol. The number of carbonyl (C=O) groups is 1. The maximum atomic E-state index is 12.8. The molecule has 1 aromatic rings. The van der Waals surface area contributed by atoms with Crippen molar-refractivity contribution < 1.29 is 13.2 Å². The Bertz CT molecular complexity index is 956. The molecule has 0 unspecified atom stereocenters. The second kappa shape index (κ2) is 7.95. The molecule has 0 amide bonds. The number of ketones is 1. The van der Waals surface area contributed by atoms with Gasteiger partial charge in [0.05, 0.1) is 12.3 Å². The number of fused-ring (bicyclic) bond motifs is 1. The Morgan fingerprint density at radius 2 is 2.04 bits per heavy atom. The molecule has 0 saturated carbocycles. The van der Waals surface area contributed by atoms with Gasteiger partial charge in [-0.3, -0.25) is 9.10 Å². The summed E-state index contributed by atoms with van der Waals surface area (Å²) in [6.07, 6.45) is 8.75. The SMILES string of the molecule is CCCCS(=O)(=O)N1C=CC(C(=O)/C=C2\NC(C)(C)Cc3ccccc32)=CC1. The van der Waals surface area contributed by atoms with Crippen LogP contribution < -0.4 is 5.32 Å². The smallest absolute Gasteiger partial charge is 0.234 e. The standard InChI is InChI=1S/C22H28N2O3S/c1-4-5-14-28(26,27)24-12-10-17(11-13-24)21(25)15-20-19-9-7-6-8-18(19)16-22(2,3)23-20/h6-12,15,23H,4-5,13-14,16H2,1-3H3/b20-15-. The zero-order valence-corrected chi connectivity index (χ0v) is 17.6. The number of nitrogens with one attached hydrogen (secondary N) is 1. The normalized spacial score (nSPS) is 19.8. The van der Waals surface area contributed by atoms with E-state index in [4.69, 9.17) is 0 Å². The minimum Gasteiger partial charge on any atom is -0.379 e. The molecule has 0 aliphatic carbocycles. The lowest BCUT2D eigenvalue weighted by molar-refractivity contribution is -0.111. The molecule has 6 heteroatoms. The first-order chi connectivity index (χ1) is 13.2. The number of carbonyl (C=O) groups excluding carboxylic acids is 1. The van der Waals surface area contributed by atoms with Gasteiger partial charge in [0.2, 0.25) is 10.0 Å². The monoisotopic (exact) mass is 400 g/mol. The number of sulfonamides is 1.